The molecule has 0 aliphatic rings. The Morgan fingerprint density at radius 2 is 1.12 bits per heavy atom. The van der Waals surface area contributed by atoms with Crippen LogP contribution in [0.25, 0.3) is 6.08 Å². The number of rotatable bonds is 11. The van der Waals surface area contributed by atoms with E-state index in [-0.39, 0.29) is 17.7 Å². The minimum atomic E-state index is -0.419. The predicted molar refractivity (Wildman–Crippen MR) is 164 cm³/mol. The van der Waals surface area contributed by atoms with Crippen molar-refractivity contribution in [3.05, 3.63) is 143 Å². The van der Waals surface area contributed by atoms with Crippen molar-refractivity contribution in [2.75, 3.05) is 11.4 Å². The second-order valence-electron chi connectivity index (χ2n) is 9.86. The third-order valence-corrected chi connectivity index (χ3v) is 6.95. The van der Waals surface area contributed by atoms with E-state index in [1.54, 1.807) is 6.08 Å². The average molecular weight is 532 g/mol. The molecule has 2 atom stereocenters. The molecular formula is C35H37N3O2. The zero-order chi connectivity index (χ0) is 28.3. The van der Waals surface area contributed by atoms with E-state index in [0.717, 1.165) is 35.5 Å². The third-order valence-electron chi connectivity index (χ3n) is 6.95. The Labute approximate surface area is 237 Å². The second-order valence-corrected chi connectivity index (χ2v) is 9.86. The molecule has 0 aliphatic heterocycles. The molecule has 0 fully saturated rings. The van der Waals surface area contributed by atoms with Crippen LogP contribution in [0.15, 0.2) is 121 Å². The van der Waals surface area contributed by atoms with Crippen molar-refractivity contribution in [2.45, 2.75) is 39.4 Å². The Morgan fingerprint density at radius 3 is 1.57 bits per heavy atom. The summed E-state index contributed by atoms with van der Waals surface area (Å²) in [5, 5.41) is 6.00. The molecule has 0 radical (unpaired) electrons. The van der Waals surface area contributed by atoms with Gasteiger partial charge in [0.2, 0.25) is 0 Å². The summed E-state index contributed by atoms with van der Waals surface area (Å²) in [6.07, 6.45) is 1.66. The maximum Gasteiger partial charge on any atom is 0.257 e. The van der Waals surface area contributed by atoms with Gasteiger partial charge in [-0.1, -0.05) is 103 Å². The standard InChI is InChI=1S/C35H37N3O2/c1-4-38(25-29-14-8-5-9-15-29)32-22-20-28(21-23-32)24-33(34(39)36-26(2)30-16-10-6-11-17-30)35(40)37-27(3)31-18-12-7-13-19-31/h5-24,26-27H,4,25H2,1-3H3,(H,36,39)(H,37,40)/t26-,27-/m0/s1. The van der Waals surface area contributed by atoms with E-state index in [4.69, 9.17) is 0 Å². The lowest BCUT2D eigenvalue weighted by molar-refractivity contribution is -0.124. The molecule has 0 spiro atoms. The molecule has 5 heteroatoms. The van der Waals surface area contributed by atoms with Crippen LogP contribution in [0.1, 0.15) is 55.1 Å². The molecule has 0 bridgehead atoms. The Bertz CT molecular complexity index is 1340. The molecule has 2 amide bonds. The number of amides is 2. The topological polar surface area (TPSA) is 61.4 Å². The van der Waals surface area contributed by atoms with Gasteiger partial charge in [0.15, 0.2) is 0 Å². The second kappa shape index (κ2) is 13.9. The highest BCUT2D eigenvalue weighted by Gasteiger charge is 2.22. The van der Waals surface area contributed by atoms with Crippen molar-refractivity contribution < 1.29 is 9.59 Å². The van der Waals surface area contributed by atoms with Crippen molar-refractivity contribution in [1.82, 2.24) is 10.6 Å². The van der Waals surface area contributed by atoms with Gasteiger partial charge in [-0.25, -0.2) is 0 Å². The molecule has 0 unspecified atom stereocenters. The molecular weight excluding hydrogens is 494 g/mol. The predicted octanol–water partition coefficient (Wildman–Crippen LogP) is 6.85. The Kier molecular flexibility index (Phi) is 9.89. The van der Waals surface area contributed by atoms with Crippen LogP contribution in [0.4, 0.5) is 5.69 Å². The smallest absolute Gasteiger partial charge is 0.257 e. The lowest BCUT2D eigenvalue weighted by atomic mass is 10.0. The average Bonchev–Trinajstić information content (AvgIpc) is 3.00. The van der Waals surface area contributed by atoms with Crippen molar-refractivity contribution in [1.29, 1.82) is 0 Å². The highest BCUT2D eigenvalue weighted by atomic mass is 16.2. The molecule has 4 aromatic carbocycles. The van der Waals surface area contributed by atoms with Gasteiger partial charge in [0, 0.05) is 18.8 Å². The van der Waals surface area contributed by atoms with Crippen molar-refractivity contribution >= 4 is 23.6 Å². The number of anilines is 1. The number of carbonyl (C=O) groups is 2. The summed E-state index contributed by atoms with van der Waals surface area (Å²) in [6.45, 7) is 7.62. The van der Waals surface area contributed by atoms with Crippen LogP contribution in [0.3, 0.4) is 0 Å². The fourth-order valence-electron chi connectivity index (χ4n) is 4.57. The van der Waals surface area contributed by atoms with Crippen LogP contribution in [0, 0.1) is 0 Å². The van der Waals surface area contributed by atoms with Gasteiger partial charge in [-0.05, 0) is 61.2 Å². The zero-order valence-corrected chi connectivity index (χ0v) is 23.4. The van der Waals surface area contributed by atoms with Crippen LogP contribution < -0.4 is 15.5 Å². The minimum absolute atomic E-state index is 0.0648. The molecule has 4 aromatic rings. The highest BCUT2D eigenvalue weighted by Crippen LogP contribution is 2.21. The highest BCUT2D eigenvalue weighted by molar-refractivity contribution is 6.21. The van der Waals surface area contributed by atoms with Gasteiger partial charge in [-0.15, -0.1) is 0 Å². The number of benzene rings is 4. The Balaban J connectivity index is 1.57. The molecule has 4 rings (SSSR count). The van der Waals surface area contributed by atoms with Gasteiger partial charge < -0.3 is 15.5 Å². The Morgan fingerprint density at radius 1 is 0.675 bits per heavy atom. The summed E-state index contributed by atoms with van der Waals surface area (Å²) in [4.78, 5) is 29.2. The monoisotopic (exact) mass is 531 g/mol. The van der Waals surface area contributed by atoms with Crippen molar-refractivity contribution in [2.24, 2.45) is 0 Å². The van der Waals surface area contributed by atoms with Gasteiger partial charge in [0.25, 0.3) is 11.8 Å². The molecule has 0 heterocycles. The first-order valence-electron chi connectivity index (χ1n) is 13.8. The van der Waals surface area contributed by atoms with Gasteiger partial charge >= 0.3 is 0 Å². The fourth-order valence-corrected chi connectivity index (χ4v) is 4.57. The first-order valence-corrected chi connectivity index (χ1v) is 13.8. The SMILES string of the molecule is CCN(Cc1ccccc1)c1ccc(C=C(C(=O)N[C@@H](C)c2ccccc2)C(=O)N[C@@H](C)c2ccccc2)cc1. The maximum absolute atomic E-state index is 13.5. The molecule has 5 nitrogen and oxygen atoms in total. The molecule has 204 valence electrons. The summed E-state index contributed by atoms with van der Waals surface area (Å²) >= 11 is 0. The van der Waals surface area contributed by atoms with E-state index in [1.807, 2.05) is 117 Å². The number of hydrogen-bond donors (Lipinski definition) is 2. The first-order chi connectivity index (χ1) is 19.4. The maximum atomic E-state index is 13.5. The zero-order valence-electron chi connectivity index (χ0n) is 23.4. The molecule has 0 saturated heterocycles. The van der Waals surface area contributed by atoms with E-state index in [0.29, 0.717) is 0 Å². The van der Waals surface area contributed by atoms with Crippen LogP contribution in [0.5, 0.6) is 0 Å². The molecule has 0 saturated carbocycles. The van der Waals surface area contributed by atoms with Crippen LogP contribution in [-0.2, 0) is 16.1 Å². The number of carbonyl (C=O) groups excluding carboxylic acids is 2. The van der Waals surface area contributed by atoms with Crippen LogP contribution >= 0.6 is 0 Å². The van der Waals surface area contributed by atoms with E-state index >= 15 is 0 Å². The summed E-state index contributed by atoms with van der Waals surface area (Å²) in [7, 11) is 0. The summed E-state index contributed by atoms with van der Waals surface area (Å²) in [6, 6.07) is 37.2. The molecule has 40 heavy (non-hydrogen) atoms. The first kappa shape index (κ1) is 28.4. The van der Waals surface area contributed by atoms with Gasteiger partial charge in [0.1, 0.15) is 5.57 Å². The molecule has 2 N–H and O–H groups in total. The lowest BCUT2D eigenvalue weighted by Crippen LogP contribution is -2.36. The molecule has 0 aromatic heterocycles. The van der Waals surface area contributed by atoms with E-state index in [1.165, 1.54) is 5.56 Å². The van der Waals surface area contributed by atoms with E-state index in [2.05, 4.69) is 34.6 Å². The normalized spacial score (nSPS) is 12.1. The van der Waals surface area contributed by atoms with Crippen LogP contribution in [0.2, 0.25) is 0 Å². The summed E-state index contributed by atoms with van der Waals surface area (Å²) in [5.74, 6) is -0.838. The number of nitrogens with one attached hydrogen (secondary N) is 2. The Hall–Kier alpha value is -4.64. The van der Waals surface area contributed by atoms with E-state index in [9.17, 15) is 9.59 Å². The summed E-state index contributed by atoms with van der Waals surface area (Å²) < 4.78 is 0. The lowest BCUT2D eigenvalue weighted by Gasteiger charge is -2.23. The van der Waals surface area contributed by atoms with Gasteiger partial charge in [-0.3, -0.25) is 9.59 Å². The number of hydrogen-bond acceptors (Lipinski definition) is 3. The van der Waals surface area contributed by atoms with E-state index < -0.39 is 11.8 Å². The minimum Gasteiger partial charge on any atom is -0.367 e. The quantitative estimate of drug-likeness (QED) is 0.126. The fraction of sp³-hybridized carbons (Fsp3) is 0.200. The third kappa shape index (κ3) is 7.70. The van der Waals surface area contributed by atoms with Crippen LogP contribution in [-0.4, -0.2) is 18.4 Å². The van der Waals surface area contributed by atoms with Crippen molar-refractivity contribution in [3.63, 3.8) is 0 Å². The number of nitrogens with zero attached hydrogens (tertiary/aromatic N) is 1. The molecule has 0 aliphatic carbocycles. The van der Waals surface area contributed by atoms with Gasteiger partial charge in [0.05, 0.1) is 12.1 Å². The van der Waals surface area contributed by atoms with Crippen molar-refractivity contribution in [3.8, 4) is 0 Å². The van der Waals surface area contributed by atoms with Gasteiger partial charge in [-0.2, -0.15) is 0 Å². The summed E-state index contributed by atoms with van der Waals surface area (Å²) in [5.41, 5.74) is 5.10. The largest absolute Gasteiger partial charge is 0.367 e.